The van der Waals surface area contributed by atoms with Crippen LogP contribution in [0, 0.1) is 0 Å². The van der Waals surface area contributed by atoms with E-state index >= 15 is 0 Å². The maximum atomic E-state index is 6.28. The van der Waals surface area contributed by atoms with Crippen molar-refractivity contribution in [1.29, 1.82) is 0 Å². The van der Waals surface area contributed by atoms with E-state index in [0.717, 1.165) is 13.7 Å². The van der Waals surface area contributed by atoms with Crippen molar-refractivity contribution in [3.8, 4) is 0 Å². The predicted octanol–water partition coefficient (Wildman–Crippen LogP) is 4.97. The van der Waals surface area contributed by atoms with E-state index in [4.69, 9.17) is 17.3 Å². The van der Waals surface area contributed by atoms with Gasteiger partial charge < -0.3 is 5.73 Å². The maximum Gasteiger partial charge on any atom is 0.0887 e. The Morgan fingerprint density at radius 2 is 1.94 bits per heavy atom. The molecular formula is C13H13BrClNS. The molecule has 0 saturated carbocycles. The number of thiophene rings is 1. The Morgan fingerprint density at radius 3 is 2.47 bits per heavy atom. The normalized spacial score (nSPS) is 14.6. The summed E-state index contributed by atoms with van der Waals surface area (Å²) in [5.41, 5.74) is 7.53. The van der Waals surface area contributed by atoms with Crippen molar-refractivity contribution in [3.05, 3.63) is 55.6 Å². The zero-order chi connectivity index (χ0) is 12.4. The molecule has 0 aliphatic rings. The molecule has 1 heterocycles. The highest BCUT2D eigenvalue weighted by atomic mass is 79.9. The molecule has 0 aliphatic heterocycles. The second-order valence-corrected chi connectivity index (χ2v) is 6.80. The van der Waals surface area contributed by atoms with Gasteiger partial charge in [-0.2, -0.15) is 0 Å². The van der Waals surface area contributed by atoms with Crippen molar-refractivity contribution in [2.45, 2.75) is 18.9 Å². The Hall–Kier alpha value is -0.350. The van der Waals surface area contributed by atoms with Gasteiger partial charge in [0.1, 0.15) is 0 Å². The maximum absolute atomic E-state index is 6.28. The predicted molar refractivity (Wildman–Crippen MR) is 78.8 cm³/mol. The first-order valence-electron chi connectivity index (χ1n) is 5.35. The smallest absolute Gasteiger partial charge is 0.0887 e. The van der Waals surface area contributed by atoms with E-state index < -0.39 is 0 Å². The van der Waals surface area contributed by atoms with Crippen LogP contribution in [-0.4, -0.2) is 0 Å². The minimum absolute atomic E-state index is 0.0220. The highest BCUT2D eigenvalue weighted by Crippen LogP contribution is 2.38. The van der Waals surface area contributed by atoms with Gasteiger partial charge in [0, 0.05) is 16.8 Å². The summed E-state index contributed by atoms with van der Waals surface area (Å²) < 4.78 is 0.949. The lowest BCUT2D eigenvalue weighted by Gasteiger charge is -2.18. The molecule has 4 heteroatoms. The van der Waals surface area contributed by atoms with E-state index in [-0.39, 0.29) is 12.0 Å². The molecule has 0 radical (unpaired) electrons. The Balaban J connectivity index is 2.23. The molecule has 0 bridgehead atoms. The van der Waals surface area contributed by atoms with Gasteiger partial charge in [0.25, 0.3) is 0 Å². The van der Waals surface area contributed by atoms with Gasteiger partial charge in [-0.1, -0.05) is 48.9 Å². The summed E-state index contributed by atoms with van der Waals surface area (Å²) >= 11 is 11.1. The average molecular weight is 331 g/mol. The molecular weight excluding hydrogens is 318 g/mol. The molecule has 0 amide bonds. The third-order valence-corrected chi connectivity index (χ3v) is 5.43. The van der Waals surface area contributed by atoms with Crippen molar-refractivity contribution < 1.29 is 0 Å². The minimum atomic E-state index is -0.0220. The van der Waals surface area contributed by atoms with Crippen molar-refractivity contribution in [3.63, 3.8) is 0 Å². The molecule has 1 aromatic heterocycles. The quantitative estimate of drug-likeness (QED) is 0.845. The molecule has 0 saturated heterocycles. The lowest BCUT2D eigenvalue weighted by Crippen LogP contribution is -2.16. The zero-order valence-corrected chi connectivity index (χ0v) is 12.5. The first-order valence-corrected chi connectivity index (χ1v) is 7.33. The third kappa shape index (κ3) is 2.91. The highest BCUT2D eigenvalue weighted by Gasteiger charge is 2.19. The molecule has 0 aliphatic carbocycles. The lowest BCUT2D eigenvalue weighted by atomic mass is 9.93. The fourth-order valence-electron chi connectivity index (χ4n) is 1.74. The van der Waals surface area contributed by atoms with Crippen molar-refractivity contribution in [2.75, 3.05) is 0 Å². The number of halogens is 2. The van der Waals surface area contributed by atoms with Gasteiger partial charge in [0.05, 0.1) is 8.81 Å². The van der Waals surface area contributed by atoms with E-state index in [9.17, 15) is 0 Å². The zero-order valence-electron chi connectivity index (χ0n) is 9.36. The van der Waals surface area contributed by atoms with Gasteiger partial charge in [-0.3, -0.25) is 0 Å². The van der Waals surface area contributed by atoms with Crippen molar-refractivity contribution >= 4 is 38.9 Å². The first-order chi connectivity index (χ1) is 8.09. The van der Waals surface area contributed by atoms with Crippen molar-refractivity contribution in [1.82, 2.24) is 0 Å². The molecule has 2 aromatic rings. The van der Waals surface area contributed by atoms with Gasteiger partial charge in [-0.15, -0.1) is 11.3 Å². The highest BCUT2D eigenvalue weighted by molar-refractivity contribution is 9.11. The fourth-order valence-corrected chi connectivity index (χ4v) is 3.59. The van der Waals surface area contributed by atoms with Crippen molar-refractivity contribution in [2.24, 2.45) is 5.73 Å². The van der Waals surface area contributed by atoms with Gasteiger partial charge in [-0.25, -0.2) is 0 Å². The number of hydrogen-bond donors (Lipinski definition) is 1. The van der Waals surface area contributed by atoms with Crippen LogP contribution in [0.3, 0.4) is 0 Å². The van der Waals surface area contributed by atoms with Crippen LogP contribution >= 0.6 is 38.9 Å². The number of benzene rings is 1. The summed E-state index contributed by atoms with van der Waals surface area (Å²) in [4.78, 5) is 1.11. The topological polar surface area (TPSA) is 26.0 Å². The van der Waals surface area contributed by atoms with Gasteiger partial charge >= 0.3 is 0 Å². The Bertz CT molecular complexity index is 478. The molecule has 2 atom stereocenters. The third-order valence-electron chi connectivity index (χ3n) is 2.86. The Labute approximate surface area is 119 Å². The monoisotopic (exact) mass is 329 g/mol. The van der Waals surface area contributed by atoms with E-state index in [1.54, 1.807) is 11.3 Å². The molecule has 2 rings (SSSR count). The van der Waals surface area contributed by atoms with Crippen LogP contribution in [0.25, 0.3) is 0 Å². The van der Waals surface area contributed by atoms with E-state index in [1.807, 2.05) is 24.3 Å². The average Bonchev–Trinajstić information content (AvgIpc) is 2.69. The number of rotatable bonds is 3. The second-order valence-electron chi connectivity index (χ2n) is 4.00. The van der Waals surface area contributed by atoms with Crippen LogP contribution in [0.1, 0.15) is 29.3 Å². The largest absolute Gasteiger partial charge is 0.323 e. The summed E-state index contributed by atoms with van der Waals surface area (Å²) in [6.45, 7) is 2.14. The van der Waals surface area contributed by atoms with Crippen LogP contribution in [0.15, 0.2) is 40.2 Å². The first kappa shape index (κ1) is 13.1. The van der Waals surface area contributed by atoms with Crippen LogP contribution in [0.2, 0.25) is 5.02 Å². The SMILES string of the molecule is CC(c1ccccc1)C(N)c1cc(Cl)c(Br)s1. The van der Waals surface area contributed by atoms with Gasteiger partial charge in [-0.05, 0) is 27.6 Å². The second kappa shape index (κ2) is 5.53. The Morgan fingerprint density at radius 1 is 1.29 bits per heavy atom. The van der Waals surface area contributed by atoms with Crippen LogP contribution in [0.4, 0.5) is 0 Å². The molecule has 1 nitrogen and oxygen atoms in total. The molecule has 90 valence electrons. The van der Waals surface area contributed by atoms with E-state index in [2.05, 4.69) is 35.0 Å². The molecule has 0 spiro atoms. The summed E-state index contributed by atoms with van der Waals surface area (Å²) in [6, 6.07) is 12.2. The minimum Gasteiger partial charge on any atom is -0.323 e. The summed E-state index contributed by atoms with van der Waals surface area (Å²) in [6.07, 6.45) is 0. The number of nitrogens with two attached hydrogens (primary N) is 1. The Kier molecular flexibility index (Phi) is 4.26. The summed E-state index contributed by atoms with van der Waals surface area (Å²) in [5, 5.41) is 0.737. The van der Waals surface area contributed by atoms with E-state index in [0.29, 0.717) is 0 Å². The fraction of sp³-hybridized carbons (Fsp3) is 0.231. The standard InChI is InChI=1S/C13H13BrClNS/c1-8(9-5-3-2-4-6-9)12(16)11-7-10(15)13(14)17-11/h2-8,12H,16H2,1H3. The van der Waals surface area contributed by atoms with E-state index in [1.165, 1.54) is 5.56 Å². The summed E-state index contributed by atoms with van der Waals surface area (Å²) in [7, 11) is 0. The molecule has 17 heavy (non-hydrogen) atoms. The van der Waals surface area contributed by atoms with Gasteiger partial charge in [0.2, 0.25) is 0 Å². The van der Waals surface area contributed by atoms with Crippen LogP contribution in [-0.2, 0) is 0 Å². The molecule has 0 fully saturated rings. The molecule has 1 aromatic carbocycles. The summed E-state index contributed by atoms with van der Waals surface area (Å²) in [5.74, 6) is 0.276. The van der Waals surface area contributed by atoms with Gasteiger partial charge in [0.15, 0.2) is 0 Å². The van der Waals surface area contributed by atoms with Crippen LogP contribution in [0.5, 0.6) is 0 Å². The number of hydrogen-bond acceptors (Lipinski definition) is 2. The molecule has 2 N–H and O–H groups in total. The van der Waals surface area contributed by atoms with Crippen LogP contribution < -0.4 is 5.73 Å². The lowest BCUT2D eigenvalue weighted by molar-refractivity contribution is 0.607. The molecule has 2 unspecified atom stereocenters.